The van der Waals surface area contributed by atoms with Crippen LogP contribution in [0.3, 0.4) is 0 Å². The van der Waals surface area contributed by atoms with Crippen molar-refractivity contribution in [1.82, 2.24) is 10.8 Å². The Kier molecular flexibility index (Phi) is 8.63. The van der Waals surface area contributed by atoms with E-state index in [9.17, 15) is 14.4 Å². The summed E-state index contributed by atoms with van der Waals surface area (Å²) in [5, 5.41) is 2.50. The maximum absolute atomic E-state index is 11.8. The minimum Gasteiger partial charge on any atom is -0.368 e. The second kappa shape index (κ2) is 10.5. The molecule has 0 aliphatic carbocycles. The number of carbonyl (C=O) groups is 3. The van der Waals surface area contributed by atoms with Crippen molar-refractivity contribution in [2.75, 3.05) is 13.2 Å². The van der Waals surface area contributed by atoms with Crippen LogP contribution < -0.4 is 22.3 Å². The number of primary amides is 1. The first-order valence-corrected chi connectivity index (χ1v) is 7.72. The number of rotatable bonds is 11. The monoisotopic (exact) mass is 336 g/mol. The van der Waals surface area contributed by atoms with Crippen LogP contribution in [0.4, 0.5) is 0 Å². The van der Waals surface area contributed by atoms with Gasteiger partial charge in [-0.25, -0.2) is 0 Å². The molecule has 1 aromatic carbocycles. The molecule has 1 rings (SSSR count). The van der Waals surface area contributed by atoms with E-state index < -0.39 is 23.9 Å². The van der Waals surface area contributed by atoms with E-state index in [4.69, 9.17) is 16.3 Å². The number of hydroxylamine groups is 1. The molecule has 0 fully saturated rings. The smallest absolute Gasteiger partial charge is 0.244 e. The van der Waals surface area contributed by atoms with Crippen LogP contribution >= 0.6 is 0 Å². The molecule has 6 N–H and O–H groups in total. The summed E-state index contributed by atoms with van der Waals surface area (Å²) in [4.78, 5) is 39.8. The molecule has 2 atom stereocenters. The van der Waals surface area contributed by atoms with Crippen molar-refractivity contribution in [3.8, 4) is 0 Å². The van der Waals surface area contributed by atoms with Crippen LogP contribution in [0.2, 0.25) is 0 Å². The topological polar surface area (TPSA) is 137 Å². The van der Waals surface area contributed by atoms with E-state index in [1.807, 2.05) is 6.92 Å². The molecule has 0 spiro atoms. The van der Waals surface area contributed by atoms with E-state index in [2.05, 4.69) is 10.8 Å². The lowest BCUT2D eigenvalue weighted by molar-refractivity contribution is -0.132. The molecular weight excluding hydrogens is 312 g/mol. The highest BCUT2D eigenvalue weighted by Gasteiger charge is 2.20. The van der Waals surface area contributed by atoms with Crippen LogP contribution in [0.5, 0.6) is 0 Å². The zero-order valence-corrected chi connectivity index (χ0v) is 13.7. The summed E-state index contributed by atoms with van der Waals surface area (Å²) in [7, 11) is 0. The molecular formula is C16H24N4O4. The molecule has 1 aromatic rings. The van der Waals surface area contributed by atoms with Gasteiger partial charge in [0, 0.05) is 0 Å². The van der Waals surface area contributed by atoms with Crippen LogP contribution in [0, 0.1) is 0 Å². The third kappa shape index (κ3) is 6.86. The second-order valence-electron chi connectivity index (χ2n) is 5.28. The molecule has 0 aliphatic heterocycles. The van der Waals surface area contributed by atoms with Gasteiger partial charge in [0.15, 0.2) is 5.78 Å². The average Bonchev–Trinajstić information content (AvgIpc) is 2.57. The molecule has 0 saturated heterocycles. The second-order valence-corrected chi connectivity index (χ2v) is 5.28. The van der Waals surface area contributed by atoms with E-state index in [-0.39, 0.29) is 18.9 Å². The van der Waals surface area contributed by atoms with Gasteiger partial charge in [-0.3, -0.25) is 19.2 Å². The molecule has 132 valence electrons. The molecule has 24 heavy (non-hydrogen) atoms. The summed E-state index contributed by atoms with van der Waals surface area (Å²) < 4.78 is 0. The zero-order chi connectivity index (χ0) is 17.9. The third-order valence-corrected chi connectivity index (χ3v) is 3.29. The summed E-state index contributed by atoms with van der Waals surface area (Å²) in [6, 6.07) is 7.15. The maximum atomic E-state index is 11.8. The summed E-state index contributed by atoms with van der Waals surface area (Å²) in [6.07, 6.45) is 1.39. The fourth-order valence-corrected chi connectivity index (χ4v) is 1.99. The molecule has 2 amide bonds. The highest BCUT2D eigenvalue weighted by Crippen LogP contribution is 2.11. The Balaban J connectivity index is 2.37. The lowest BCUT2D eigenvalue weighted by Crippen LogP contribution is -2.42. The fourth-order valence-electron chi connectivity index (χ4n) is 1.99. The van der Waals surface area contributed by atoms with E-state index in [0.717, 1.165) is 6.42 Å². The number of carbonyl (C=O) groups excluding carboxylic acids is 3. The van der Waals surface area contributed by atoms with Crippen LogP contribution in [0.1, 0.15) is 31.4 Å². The standard InChI is InChI=1S/C16H24N4O4/c1-2-6-12(17)13(21)10-24-19-9-14(22)20-15(16(18)23)11-7-4-3-5-8-11/h3-5,7-8,12,15,19H,2,6,9-10,17H2,1H3,(H2,18,23)(H,20,22). The first-order valence-electron chi connectivity index (χ1n) is 7.72. The first kappa shape index (κ1) is 19.8. The quantitative estimate of drug-likeness (QED) is 0.319. The molecule has 0 radical (unpaired) electrons. The molecule has 0 aliphatic rings. The van der Waals surface area contributed by atoms with Gasteiger partial charge in [-0.2, -0.15) is 5.48 Å². The van der Waals surface area contributed by atoms with E-state index in [0.29, 0.717) is 12.0 Å². The molecule has 8 nitrogen and oxygen atoms in total. The third-order valence-electron chi connectivity index (χ3n) is 3.29. The average molecular weight is 336 g/mol. The number of ketones is 1. The lowest BCUT2D eigenvalue weighted by Gasteiger charge is -2.16. The van der Waals surface area contributed by atoms with Crippen LogP contribution in [-0.4, -0.2) is 36.8 Å². The van der Waals surface area contributed by atoms with Crippen LogP contribution in [0.15, 0.2) is 30.3 Å². The van der Waals surface area contributed by atoms with Gasteiger partial charge in [0.25, 0.3) is 0 Å². The number of hydrogen-bond acceptors (Lipinski definition) is 6. The normalized spacial score (nSPS) is 13.1. The minimum atomic E-state index is -0.930. The Morgan fingerprint density at radius 3 is 2.46 bits per heavy atom. The number of nitrogens with one attached hydrogen (secondary N) is 2. The molecule has 0 saturated carbocycles. The SMILES string of the molecule is CCCC(N)C(=O)CONCC(=O)NC(C(N)=O)c1ccccc1. The Morgan fingerprint density at radius 2 is 1.88 bits per heavy atom. The molecule has 2 unspecified atom stereocenters. The van der Waals surface area contributed by atoms with Crippen molar-refractivity contribution in [3.63, 3.8) is 0 Å². The van der Waals surface area contributed by atoms with Gasteiger partial charge in [-0.15, -0.1) is 0 Å². The van der Waals surface area contributed by atoms with Gasteiger partial charge in [0.1, 0.15) is 12.6 Å². The van der Waals surface area contributed by atoms with Gasteiger partial charge in [0.05, 0.1) is 12.6 Å². The number of Topliss-reactive ketones (excluding diaryl/α,β-unsaturated/α-hetero) is 1. The fraction of sp³-hybridized carbons (Fsp3) is 0.438. The Morgan fingerprint density at radius 1 is 1.21 bits per heavy atom. The first-order chi connectivity index (χ1) is 11.5. The number of hydrogen-bond donors (Lipinski definition) is 4. The van der Waals surface area contributed by atoms with Gasteiger partial charge in [-0.05, 0) is 12.0 Å². The molecule has 0 bridgehead atoms. The van der Waals surface area contributed by atoms with Crippen LogP contribution in [-0.2, 0) is 19.2 Å². The minimum absolute atomic E-state index is 0.229. The summed E-state index contributed by atoms with van der Waals surface area (Å²) in [5.41, 5.74) is 13.9. The van der Waals surface area contributed by atoms with Crippen molar-refractivity contribution in [1.29, 1.82) is 0 Å². The summed E-state index contributed by atoms with van der Waals surface area (Å²) >= 11 is 0. The predicted molar refractivity (Wildman–Crippen MR) is 88.4 cm³/mol. The molecule has 0 aromatic heterocycles. The highest BCUT2D eigenvalue weighted by molar-refractivity contribution is 5.88. The van der Waals surface area contributed by atoms with Crippen molar-refractivity contribution in [3.05, 3.63) is 35.9 Å². The van der Waals surface area contributed by atoms with Crippen LogP contribution in [0.25, 0.3) is 0 Å². The van der Waals surface area contributed by atoms with Crippen molar-refractivity contribution >= 4 is 17.6 Å². The highest BCUT2D eigenvalue weighted by atomic mass is 16.6. The van der Waals surface area contributed by atoms with Gasteiger partial charge < -0.3 is 16.8 Å². The van der Waals surface area contributed by atoms with Crippen molar-refractivity contribution < 1.29 is 19.2 Å². The number of nitrogens with two attached hydrogens (primary N) is 2. The predicted octanol–water partition coefficient (Wildman–Crippen LogP) is -0.453. The van der Waals surface area contributed by atoms with E-state index in [1.165, 1.54) is 0 Å². The van der Waals surface area contributed by atoms with Gasteiger partial charge >= 0.3 is 0 Å². The Labute approximate surface area is 140 Å². The largest absolute Gasteiger partial charge is 0.368 e. The van der Waals surface area contributed by atoms with E-state index in [1.54, 1.807) is 30.3 Å². The molecule has 0 heterocycles. The summed E-state index contributed by atoms with van der Waals surface area (Å²) in [6.45, 7) is 1.47. The lowest BCUT2D eigenvalue weighted by atomic mass is 10.1. The van der Waals surface area contributed by atoms with Gasteiger partial charge in [-0.1, -0.05) is 43.7 Å². The van der Waals surface area contributed by atoms with Crippen molar-refractivity contribution in [2.45, 2.75) is 31.8 Å². The van der Waals surface area contributed by atoms with Gasteiger partial charge in [0.2, 0.25) is 11.8 Å². The Hall–Kier alpha value is -2.29. The number of benzene rings is 1. The Bertz CT molecular complexity index is 550. The van der Waals surface area contributed by atoms with E-state index >= 15 is 0 Å². The summed E-state index contributed by atoms with van der Waals surface area (Å²) in [5.74, 6) is -1.41. The maximum Gasteiger partial charge on any atom is 0.244 e. The van der Waals surface area contributed by atoms with Crippen molar-refractivity contribution in [2.24, 2.45) is 11.5 Å². The number of amides is 2. The molecule has 8 heteroatoms. The zero-order valence-electron chi connectivity index (χ0n) is 13.7.